The zero-order valence-electron chi connectivity index (χ0n) is 15.0. The summed E-state index contributed by atoms with van der Waals surface area (Å²) in [4.78, 5) is 19.5. The summed E-state index contributed by atoms with van der Waals surface area (Å²) < 4.78 is 1.03. The number of benzene rings is 3. The van der Waals surface area contributed by atoms with Crippen LogP contribution in [0.15, 0.2) is 88.3 Å². The predicted octanol–water partition coefficient (Wildman–Crippen LogP) is 6.07. The van der Waals surface area contributed by atoms with Crippen LogP contribution in [0.4, 0.5) is 11.4 Å². The van der Waals surface area contributed by atoms with Gasteiger partial charge in [-0.3, -0.25) is 9.79 Å². The average molecular weight is 419 g/mol. The summed E-state index contributed by atoms with van der Waals surface area (Å²) >= 11 is 3.50. The van der Waals surface area contributed by atoms with Crippen LogP contribution in [-0.2, 0) is 4.79 Å². The molecular formula is C23H19BrN2O. The number of carbonyl (C=O) groups excluding carboxylic acids is 1. The number of fused-ring (bicyclic) bond motifs is 1. The van der Waals surface area contributed by atoms with E-state index in [-0.39, 0.29) is 11.9 Å². The van der Waals surface area contributed by atoms with Crippen molar-refractivity contribution in [2.45, 2.75) is 19.4 Å². The van der Waals surface area contributed by atoms with E-state index in [9.17, 15) is 4.79 Å². The van der Waals surface area contributed by atoms with Crippen molar-refractivity contribution in [3.05, 3.63) is 94.5 Å². The molecular weight excluding hydrogens is 400 g/mol. The maximum absolute atomic E-state index is 12.7. The van der Waals surface area contributed by atoms with Gasteiger partial charge in [-0.2, -0.15) is 0 Å². The number of para-hydroxylation sites is 2. The molecule has 0 bridgehead atoms. The minimum atomic E-state index is -0.102. The van der Waals surface area contributed by atoms with Gasteiger partial charge in [0.25, 0.3) is 0 Å². The molecule has 3 nitrogen and oxygen atoms in total. The third-order valence-electron chi connectivity index (χ3n) is 4.80. The van der Waals surface area contributed by atoms with Crippen LogP contribution in [-0.4, -0.2) is 11.6 Å². The van der Waals surface area contributed by atoms with Crippen molar-refractivity contribution in [2.75, 3.05) is 4.90 Å². The standard InChI is InChI=1S/C23H19BrN2O/c1-16(27)26-22-10-6-5-9-20(22)25-21(17-11-13-19(24)14-12-17)15-23(26)18-7-3-2-4-8-18/h2-14,23H,15H2,1H3/t23-/m1/s1. The summed E-state index contributed by atoms with van der Waals surface area (Å²) in [6.07, 6.45) is 0.653. The Bertz CT molecular complexity index is 996. The van der Waals surface area contributed by atoms with Gasteiger partial charge in [-0.05, 0) is 35.4 Å². The number of aliphatic imine (C=N–C) groups is 1. The normalized spacial score (nSPS) is 16.3. The fourth-order valence-corrected chi connectivity index (χ4v) is 3.82. The van der Waals surface area contributed by atoms with Crippen LogP contribution in [0.1, 0.15) is 30.5 Å². The third-order valence-corrected chi connectivity index (χ3v) is 5.32. The predicted molar refractivity (Wildman–Crippen MR) is 114 cm³/mol. The van der Waals surface area contributed by atoms with Crippen molar-refractivity contribution >= 4 is 38.9 Å². The van der Waals surface area contributed by atoms with Crippen molar-refractivity contribution in [2.24, 2.45) is 4.99 Å². The number of nitrogens with zero attached hydrogens (tertiary/aromatic N) is 2. The molecule has 4 heteroatoms. The van der Waals surface area contributed by atoms with Gasteiger partial charge in [0.15, 0.2) is 0 Å². The van der Waals surface area contributed by atoms with E-state index >= 15 is 0 Å². The fourth-order valence-electron chi connectivity index (χ4n) is 3.55. The van der Waals surface area contributed by atoms with Crippen LogP contribution >= 0.6 is 15.9 Å². The molecule has 0 aromatic heterocycles. The summed E-state index contributed by atoms with van der Waals surface area (Å²) in [5.74, 6) is 0.0172. The molecule has 27 heavy (non-hydrogen) atoms. The number of hydrogen-bond donors (Lipinski definition) is 0. The molecule has 1 atom stereocenters. The summed E-state index contributed by atoms with van der Waals surface area (Å²) in [5.41, 5.74) is 4.83. The molecule has 0 radical (unpaired) electrons. The topological polar surface area (TPSA) is 32.7 Å². The van der Waals surface area contributed by atoms with Crippen molar-refractivity contribution in [3.8, 4) is 0 Å². The first-order chi connectivity index (χ1) is 13.1. The van der Waals surface area contributed by atoms with Crippen LogP contribution in [0.25, 0.3) is 0 Å². The Morgan fingerprint density at radius 1 is 0.963 bits per heavy atom. The quantitative estimate of drug-likeness (QED) is 0.497. The van der Waals surface area contributed by atoms with Gasteiger partial charge in [0.2, 0.25) is 5.91 Å². The number of hydrogen-bond acceptors (Lipinski definition) is 2. The monoisotopic (exact) mass is 418 g/mol. The molecule has 1 aliphatic heterocycles. The molecule has 4 rings (SSSR count). The van der Waals surface area contributed by atoms with E-state index in [4.69, 9.17) is 4.99 Å². The van der Waals surface area contributed by atoms with Crippen LogP contribution in [0.2, 0.25) is 0 Å². The largest absolute Gasteiger partial charge is 0.303 e. The molecule has 0 unspecified atom stereocenters. The first-order valence-electron chi connectivity index (χ1n) is 8.91. The lowest BCUT2D eigenvalue weighted by atomic mass is 9.96. The van der Waals surface area contributed by atoms with E-state index < -0.39 is 0 Å². The lowest BCUT2D eigenvalue weighted by Crippen LogP contribution is -2.33. The van der Waals surface area contributed by atoms with E-state index in [0.717, 1.165) is 32.7 Å². The van der Waals surface area contributed by atoms with Gasteiger partial charge in [-0.1, -0.05) is 70.5 Å². The second kappa shape index (κ2) is 7.49. The Morgan fingerprint density at radius 2 is 1.63 bits per heavy atom. The highest BCUT2D eigenvalue weighted by molar-refractivity contribution is 9.10. The van der Waals surface area contributed by atoms with E-state index in [1.54, 1.807) is 6.92 Å². The second-order valence-electron chi connectivity index (χ2n) is 6.57. The molecule has 0 fully saturated rings. The Hall–Kier alpha value is -2.72. The van der Waals surface area contributed by atoms with Gasteiger partial charge in [0, 0.05) is 17.8 Å². The van der Waals surface area contributed by atoms with Gasteiger partial charge < -0.3 is 4.90 Å². The molecule has 0 spiro atoms. The maximum atomic E-state index is 12.7. The molecule has 0 saturated heterocycles. The molecule has 1 heterocycles. The summed E-state index contributed by atoms with van der Waals surface area (Å²) in [6.45, 7) is 1.62. The number of carbonyl (C=O) groups is 1. The molecule has 0 N–H and O–H groups in total. The van der Waals surface area contributed by atoms with E-state index in [2.05, 4.69) is 40.2 Å². The van der Waals surface area contributed by atoms with Gasteiger partial charge in [-0.25, -0.2) is 0 Å². The third kappa shape index (κ3) is 3.58. The maximum Gasteiger partial charge on any atom is 0.224 e. The summed E-state index contributed by atoms with van der Waals surface area (Å²) in [7, 11) is 0. The highest BCUT2D eigenvalue weighted by Gasteiger charge is 2.30. The van der Waals surface area contributed by atoms with Crippen molar-refractivity contribution < 1.29 is 4.79 Å². The zero-order chi connectivity index (χ0) is 18.8. The highest BCUT2D eigenvalue weighted by Crippen LogP contribution is 2.40. The smallest absolute Gasteiger partial charge is 0.224 e. The van der Waals surface area contributed by atoms with Crippen molar-refractivity contribution in [1.29, 1.82) is 0 Å². The Labute approximate surface area is 167 Å². The van der Waals surface area contributed by atoms with Crippen molar-refractivity contribution in [1.82, 2.24) is 0 Å². The number of amides is 1. The van der Waals surface area contributed by atoms with Gasteiger partial charge in [-0.15, -0.1) is 0 Å². The lowest BCUT2D eigenvalue weighted by Gasteiger charge is -2.30. The van der Waals surface area contributed by atoms with Crippen LogP contribution in [0.5, 0.6) is 0 Å². The van der Waals surface area contributed by atoms with E-state index in [1.807, 2.05) is 59.5 Å². The van der Waals surface area contributed by atoms with Crippen LogP contribution in [0.3, 0.4) is 0 Å². The first kappa shape index (κ1) is 17.7. The summed E-state index contributed by atoms with van der Waals surface area (Å²) in [5, 5.41) is 0. The fraction of sp³-hybridized carbons (Fsp3) is 0.130. The molecule has 1 aliphatic rings. The lowest BCUT2D eigenvalue weighted by molar-refractivity contribution is -0.117. The SMILES string of the molecule is CC(=O)N1c2ccccc2N=C(c2ccc(Br)cc2)C[C@@H]1c1ccccc1. The summed E-state index contributed by atoms with van der Waals surface area (Å²) in [6, 6.07) is 26.1. The number of halogens is 1. The number of anilines is 1. The molecule has 3 aromatic rings. The molecule has 0 saturated carbocycles. The van der Waals surface area contributed by atoms with E-state index in [0.29, 0.717) is 6.42 Å². The molecule has 134 valence electrons. The van der Waals surface area contributed by atoms with E-state index in [1.165, 1.54) is 0 Å². The van der Waals surface area contributed by atoms with Crippen LogP contribution in [0, 0.1) is 0 Å². The molecule has 1 amide bonds. The molecule has 0 aliphatic carbocycles. The zero-order valence-corrected chi connectivity index (χ0v) is 16.6. The number of rotatable bonds is 2. The average Bonchev–Trinajstić information content (AvgIpc) is 2.86. The highest BCUT2D eigenvalue weighted by atomic mass is 79.9. The van der Waals surface area contributed by atoms with Crippen molar-refractivity contribution in [3.63, 3.8) is 0 Å². The van der Waals surface area contributed by atoms with Gasteiger partial charge in [0.1, 0.15) is 0 Å². The minimum absolute atomic E-state index is 0.0172. The first-order valence-corrected chi connectivity index (χ1v) is 9.70. The minimum Gasteiger partial charge on any atom is -0.303 e. The van der Waals surface area contributed by atoms with Crippen LogP contribution < -0.4 is 4.90 Å². The Kier molecular flexibility index (Phi) is 4.90. The molecule has 3 aromatic carbocycles. The Balaban J connectivity index is 1.90. The Morgan fingerprint density at radius 3 is 2.33 bits per heavy atom. The van der Waals surface area contributed by atoms with Gasteiger partial charge >= 0.3 is 0 Å². The second-order valence-corrected chi connectivity index (χ2v) is 7.49. The van der Waals surface area contributed by atoms with Gasteiger partial charge in [0.05, 0.1) is 23.1 Å².